The predicted molar refractivity (Wildman–Crippen MR) is 85.0 cm³/mol. The van der Waals surface area contributed by atoms with E-state index in [0.717, 1.165) is 0 Å². The molecule has 0 saturated carbocycles. The van der Waals surface area contributed by atoms with E-state index < -0.39 is 38.2 Å². The summed E-state index contributed by atoms with van der Waals surface area (Å²) >= 11 is 5.83. The maximum atomic E-state index is 12.5. The number of imidazole rings is 1. The molecule has 0 spiro atoms. The molecule has 0 unspecified atom stereocenters. The highest BCUT2D eigenvalue weighted by Gasteiger charge is 2.46. The summed E-state index contributed by atoms with van der Waals surface area (Å²) in [5, 5.41) is -0.0166. The molecule has 0 amide bonds. The van der Waals surface area contributed by atoms with Crippen LogP contribution in [0.3, 0.4) is 0 Å². The lowest BCUT2D eigenvalue weighted by molar-refractivity contribution is -0.113. The van der Waals surface area contributed by atoms with Gasteiger partial charge < -0.3 is 19.6 Å². The first-order valence-electron chi connectivity index (χ1n) is 7.20. The molecule has 2 heterocycles. The molecule has 2 aromatic heterocycles. The second-order valence-corrected chi connectivity index (χ2v) is 8.99. The van der Waals surface area contributed by atoms with Crippen LogP contribution in [0.4, 0.5) is 32.3 Å². The molecule has 0 saturated heterocycles. The minimum absolute atomic E-state index is 0.0166. The lowest BCUT2D eigenvalue weighted by Crippen LogP contribution is -2.24. The Balaban J connectivity index is 2.02. The summed E-state index contributed by atoms with van der Waals surface area (Å²) in [6.45, 7) is -0.367. The Morgan fingerprint density at radius 3 is 2.30 bits per heavy atom. The smallest absolute Gasteiger partial charge is 0.372 e. The van der Waals surface area contributed by atoms with Gasteiger partial charge in [-0.2, -0.15) is 36.3 Å². The largest absolute Gasteiger partial charge is 0.395 e. The Labute approximate surface area is 153 Å². The van der Waals surface area contributed by atoms with E-state index in [4.69, 9.17) is 22.1 Å². The number of fused-ring (bicyclic) bond motifs is 1. The number of nitrogens with two attached hydrogens (primary N) is 1. The number of nitrogen functional groups attached to an aromatic ring is 1. The van der Waals surface area contributed by atoms with Crippen LogP contribution in [0.25, 0.3) is 11.2 Å². The van der Waals surface area contributed by atoms with Gasteiger partial charge in [0, 0.05) is 6.54 Å². The normalized spacial score (nSPS) is 13.4. The maximum absolute atomic E-state index is 12.5. The van der Waals surface area contributed by atoms with Crippen molar-refractivity contribution in [1.82, 2.24) is 19.5 Å². The molecule has 0 fully saturated rings. The van der Waals surface area contributed by atoms with E-state index in [2.05, 4.69) is 15.0 Å². The average molecular weight is 440 g/mol. The van der Waals surface area contributed by atoms with Crippen LogP contribution >= 0.6 is 18.7 Å². The highest BCUT2D eigenvalue weighted by molar-refractivity contribution is 7.63. The minimum atomic E-state index is -5.00. The molecule has 0 aliphatic heterocycles. The van der Waals surface area contributed by atoms with Crippen molar-refractivity contribution in [2.24, 2.45) is 0 Å². The molecule has 15 heteroatoms. The van der Waals surface area contributed by atoms with Gasteiger partial charge in [0.2, 0.25) is 5.95 Å². The summed E-state index contributed by atoms with van der Waals surface area (Å²) in [4.78, 5) is 11.5. The number of nitrogens with zero attached hydrogens (tertiary/aromatic N) is 4. The quantitative estimate of drug-likeness (QED) is 0.307. The first-order valence-corrected chi connectivity index (χ1v) is 9.84. The second-order valence-electron chi connectivity index (χ2n) is 5.62. The number of aromatic nitrogens is 4. The first kappa shape index (κ1) is 21.7. The van der Waals surface area contributed by atoms with E-state index in [1.54, 1.807) is 0 Å². The molecule has 0 bridgehead atoms. The molecule has 7 nitrogen and oxygen atoms in total. The topological polar surface area (TPSA) is 95.9 Å². The molecular weight excluding hydrogens is 427 g/mol. The SMILES string of the molecule is Nc1nc(Cl)c2ncn(CCOCP(=O)(CC(F)(F)F)CC(F)(F)F)c2n1. The average Bonchev–Trinajstić information content (AvgIpc) is 2.82. The van der Waals surface area contributed by atoms with Crippen LogP contribution < -0.4 is 5.73 Å². The predicted octanol–water partition coefficient (Wildman–Crippen LogP) is 3.52. The van der Waals surface area contributed by atoms with E-state index in [-0.39, 0.29) is 35.4 Å². The molecule has 2 aromatic rings. The van der Waals surface area contributed by atoms with Crippen molar-refractivity contribution in [3.8, 4) is 0 Å². The molecule has 0 radical (unpaired) electrons. The third-order valence-corrected chi connectivity index (χ3v) is 5.96. The van der Waals surface area contributed by atoms with Crippen molar-refractivity contribution in [3.05, 3.63) is 11.5 Å². The Hall–Kier alpha value is -1.59. The molecule has 0 aliphatic carbocycles. The van der Waals surface area contributed by atoms with Crippen LogP contribution in [0.5, 0.6) is 0 Å². The summed E-state index contributed by atoms with van der Waals surface area (Å²) in [5.41, 5.74) is 5.88. The lowest BCUT2D eigenvalue weighted by Gasteiger charge is -2.21. The summed E-state index contributed by atoms with van der Waals surface area (Å²) in [5.74, 6) is -0.143. The van der Waals surface area contributed by atoms with Crippen molar-refractivity contribution in [2.45, 2.75) is 18.9 Å². The van der Waals surface area contributed by atoms with Crippen LogP contribution in [-0.2, 0) is 15.8 Å². The highest BCUT2D eigenvalue weighted by Crippen LogP contribution is 2.53. The lowest BCUT2D eigenvalue weighted by atomic mass is 10.5. The molecule has 2 N–H and O–H groups in total. The van der Waals surface area contributed by atoms with Gasteiger partial charge in [-0.3, -0.25) is 0 Å². The third kappa shape index (κ3) is 6.51. The Morgan fingerprint density at radius 2 is 1.74 bits per heavy atom. The number of halogens is 7. The van der Waals surface area contributed by atoms with Gasteiger partial charge >= 0.3 is 12.4 Å². The number of hydrogen-bond donors (Lipinski definition) is 1. The Morgan fingerprint density at radius 1 is 1.15 bits per heavy atom. The van der Waals surface area contributed by atoms with Crippen LogP contribution in [-0.4, -0.2) is 57.2 Å². The van der Waals surface area contributed by atoms with Crippen molar-refractivity contribution in [3.63, 3.8) is 0 Å². The standard InChI is InChI=1S/C12H13ClF6N5O2P/c13-8-7-9(23-10(20)22-8)24(5-21-7)1-2-26-6-27(25,3-11(14,15)16)4-12(17,18)19/h5H,1-4,6H2,(H2,20,22,23). The summed E-state index contributed by atoms with van der Waals surface area (Å²) in [6, 6.07) is 0. The van der Waals surface area contributed by atoms with E-state index in [1.165, 1.54) is 10.9 Å². The number of hydrogen-bond acceptors (Lipinski definition) is 6. The van der Waals surface area contributed by atoms with Crippen molar-refractivity contribution in [2.75, 3.05) is 31.0 Å². The van der Waals surface area contributed by atoms with Gasteiger partial charge in [0.1, 0.15) is 19.0 Å². The second kappa shape index (κ2) is 7.80. The van der Waals surface area contributed by atoms with Gasteiger partial charge in [0.25, 0.3) is 0 Å². The zero-order valence-corrected chi connectivity index (χ0v) is 15.0. The van der Waals surface area contributed by atoms with Crippen molar-refractivity contribution in [1.29, 1.82) is 0 Å². The van der Waals surface area contributed by atoms with Gasteiger partial charge in [0.15, 0.2) is 10.8 Å². The summed E-state index contributed by atoms with van der Waals surface area (Å²) in [7, 11) is -4.70. The zero-order valence-electron chi connectivity index (χ0n) is 13.4. The maximum Gasteiger partial charge on any atom is 0.395 e. The molecule has 0 aliphatic rings. The fraction of sp³-hybridized carbons (Fsp3) is 0.583. The summed E-state index contributed by atoms with van der Waals surface area (Å²) < 4.78 is 93.1. The zero-order chi connectivity index (χ0) is 20.5. The van der Waals surface area contributed by atoms with Crippen LogP contribution in [0.1, 0.15) is 0 Å². The first-order chi connectivity index (χ1) is 12.3. The number of rotatable bonds is 7. The highest BCUT2D eigenvalue weighted by atomic mass is 35.5. The van der Waals surface area contributed by atoms with E-state index in [1.807, 2.05) is 0 Å². The molecular formula is C12H13ClF6N5O2P. The summed E-state index contributed by atoms with van der Waals surface area (Å²) in [6.07, 6.45) is -14.0. The van der Waals surface area contributed by atoms with Crippen LogP contribution in [0.15, 0.2) is 6.33 Å². The van der Waals surface area contributed by atoms with E-state index >= 15 is 0 Å². The molecule has 2 rings (SSSR count). The van der Waals surface area contributed by atoms with E-state index in [9.17, 15) is 30.9 Å². The van der Waals surface area contributed by atoms with Crippen LogP contribution in [0.2, 0.25) is 5.15 Å². The minimum Gasteiger partial charge on any atom is -0.372 e. The van der Waals surface area contributed by atoms with Gasteiger partial charge in [-0.1, -0.05) is 11.6 Å². The fourth-order valence-electron chi connectivity index (χ4n) is 2.28. The molecule has 152 valence electrons. The van der Waals surface area contributed by atoms with Gasteiger partial charge in [-0.15, -0.1) is 0 Å². The number of alkyl halides is 6. The molecule has 27 heavy (non-hydrogen) atoms. The Bertz CT molecular complexity index is 835. The van der Waals surface area contributed by atoms with Crippen LogP contribution in [0, 0.1) is 0 Å². The van der Waals surface area contributed by atoms with E-state index in [0.29, 0.717) is 0 Å². The number of anilines is 1. The fourth-order valence-corrected chi connectivity index (χ4v) is 4.57. The Kier molecular flexibility index (Phi) is 6.27. The monoisotopic (exact) mass is 439 g/mol. The molecule has 0 atom stereocenters. The van der Waals surface area contributed by atoms with Crippen molar-refractivity contribution < 1.29 is 35.6 Å². The third-order valence-electron chi connectivity index (χ3n) is 3.18. The van der Waals surface area contributed by atoms with Gasteiger partial charge in [-0.25, -0.2) is 4.98 Å². The van der Waals surface area contributed by atoms with Gasteiger partial charge in [0.05, 0.1) is 25.3 Å². The van der Waals surface area contributed by atoms with Crippen molar-refractivity contribution >= 4 is 35.9 Å². The number of ether oxygens (including phenoxy) is 1. The van der Waals surface area contributed by atoms with Gasteiger partial charge in [-0.05, 0) is 0 Å². The molecule has 0 aromatic carbocycles.